The third kappa shape index (κ3) is 5.58. The number of benzene rings is 1. The minimum atomic E-state index is -3.45. The molecule has 0 atom stereocenters. The van der Waals surface area contributed by atoms with E-state index in [1.165, 1.54) is 0 Å². The fourth-order valence-corrected chi connectivity index (χ4v) is 2.74. The number of aliphatic hydroxyl groups is 1. The Morgan fingerprint density at radius 2 is 1.85 bits per heavy atom. The Morgan fingerprint density at radius 1 is 1.20 bits per heavy atom. The molecule has 1 aromatic rings. The average Bonchev–Trinajstić information content (AvgIpc) is 2.43. The smallest absolute Gasteiger partial charge is 0.240 e. The van der Waals surface area contributed by atoms with E-state index >= 15 is 0 Å². The van der Waals surface area contributed by atoms with Gasteiger partial charge in [-0.3, -0.25) is 0 Å². The number of hydrogen-bond acceptors (Lipinski definition) is 4. The van der Waals surface area contributed by atoms with Gasteiger partial charge in [0.1, 0.15) is 0 Å². The molecule has 0 aliphatic carbocycles. The van der Waals surface area contributed by atoms with Crippen LogP contribution in [0.3, 0.4) is 0 Å². The lowest BCUT2D eigenvalue weighted by atomic mass is 10.0. The zero-order valence-electron chi connectivity index (χ0n) is 12.0. The molecule has 0 bridgehead atoms. The number of sulfonamides is 1. The van der Waals surface area contributed by atoms with Gasteiger partial charge >= 0.3 is 0 Å². The van der Waals surface area contributed by atoms with Crippen molar-refractivity contribution in [2.75, 3.05) is 26.4 Å². The molecule has 1 rings (SSSR count). The summed E-state index contributed by atoms with van der Waals surface area (Å²) in [5.41, 5.74) is 1.11. The van der Waals surface area contributed by atoms with E-state index in [9.17, 15) is 8.42 Å². The summed E-state index contributed by atoms with van der Waals surface area (Å²) in [6, 6.07) is 6.92. The third-order valence-electron chi connectivity index (χ3n) is 2.85. The summed E-state index contributed by atoms with van der Waals surface area (Å²) in [6.45, 7) is 5.13. The Morgan fingerprint density at radius 3 is 2.40 bits per heavy atom. The first-order chi connectivity index (χ1) is 9.47. The zero-order valence-corrected chi connectivity index (χ0v) is 12.8. The van der Waals surface area contributed by atoms with Gasteiger partial charge < -0.3 is 9.84 Å². The molecule has 1 aromatic carbocycles. The molecule has 0 amide bonds. The minimum Gasteiger partial charge on any atom is -0.394 e. The first-order valence-electron chi connectivity index (χ1n) is 6.75. The molecule has 6 heteroatoms. The van der Waals surface area contributed by atoms with Gasteiger partial charge in [0.2, 0.25) is 10.0 Å². The Bertz CT molecular complexity index is 482. The summed E-state index contributed by atoms with van der Waals surface area (Å²) in [7, 11) is -3.45. The standard InChI is InChI=1S/C14H23NO4S/c1-12(2)13-4-6-14(7-5-13)20(17,18)15-8-3-10-19-11-9-16/h4-7,12,15-16H,3,8-11H2,1-2H3. The van der Waals surface area contributed by atoms with Crippen molar-refractivity contribution in [3.05, 3.63) is 29.8 Å². The average molecular weight is 301 g/mol. The number of ether oxygens (including phenoxy) is 1. The van der Waals surface area contributed by atoms with Crippen LogP contribution in [0.5, 0.6) is 0 Å². The highest BCUT2D eigenvalue weighted by Crippen LogP contribution is 2.17. The number of nitrogens with one attached hydrogen (secondary N) is 1. The van der Waals surface area contributed by atoms with Gasteiger partial charge in [-0.15, -0.1) is 0 Å². The fraction of sp³-hybridized carbons (Fsp3) is 0.571. The van der Waals surface area contributed by atoms with Crippen molar-refractivity contribution in [1.29, 1.82) is 0 Å². The molecule has 0 aliphatic rings. The second kappa shape index (κ2) is 8.36. The van der Waals surface area contributed by atoms with Gasteiger partial charge in [0.25, 0.3) is 0 Å². The number of rotatable bonds is 9. The normalized spacial score (nSPS) is 12.0. The summed E-state index contributed by atoms with van der Waals surface area (Å²) in [4.78, 5) is 0.276. The van der Waals surface area contributed by atoms with E-state index in [1.807, 2.05) is 12.1 Å². The molecule has 114 valence electrons. The molecule has 0 radical (unpaired) electrons. The Labute approximate surface area is 121 Å². The van der Waals surface area contributed by atoms with Crippen LogP contribution in [0.1, 0.15) is 31.7 Å². The van der Waals surface area contributed by atoms with Crippen LogP contribution in [-0.2, 0) is 14.8 Å². The maximum absolute atomic E-state index is 12.0. The van der Waals surface area contributed by atoms with Gasteiger partial charge in [-0.2, -0.15) is 0 Å². The van der Waals surface area contributed by atoms with Crippen LogP contribution in [-0.4, -0.2) is 39.9 Å². The van der Waals surface area contributed by atoms with E-state index in [0.717, 1.165) is 5.56 Å². The molecule has 0 fully saturated rings. The van der Waals surface area contributed by atoms with Crippen molar-refractivity contribution < 1.29 is 18.3 Å². The molecule has 0 aliphatic heterocycles. The molecule has 0 aromatic heterocycles. The molecule has 0 spiro atoms. The van der Waals surface area contributed by atoms with Gasteiger partial charge in [-0.25, -0.2) is 13.1 Å². The maximum Gasteiger partial charge on any atom is 0.240 e. The Kier molecular flexibility index (Phi) is 7.15. The maximum atomic E-state index is 12.0. The summed E-state index contributed by atoms with van der Waals surface area (Å²) in [6.07, 6.45) is 0.573. The molecule has 2 N–H and O–H groups in total. The van der Waals surface area contributed by atoms with Gasteiger partial charge in [0.05, 0.1) is 18.1 Å². The van der Waals surface area contributed by atoms with Gasteiger partial charge in [-0.1, -0.05) is 26.0 Å². The van der Waals surface area contributed by atoms with Crippen LogP contribution >= 0.6 is 0 Å². The van der Waals surface area contributed by atoms with E-state index in [2.05, 4.69) is 18.6 Å². The molecule has 0 heterocycles. The Hall–Kier alpha value is -0.950. The van der Waals surface area contributed by atoms with Crippen LogP contribution in [0.4, 0.5) is 0 Å². The van der Waals surface area contributed by atoms with Crippen molar-refractivity contribution in [3.63, 3.8) is 0 Å². The number of hydrogen-bond donors (Lipinski definition) is 2. The highest BCUT2D eigenvalue weighted by atomic mass is 32.2. The highest BCUT2D eigenvalue weighted by molar-refractivity contribution is 7.89. The summed E-state index contributed by atoms with van der Waals surface area (Å²) in [5, 5.41) is 8.53. The number of aliphatic hydroxyl groups excluding tert-OH is 1. The predicted molar refractivity (Wildman–Crippen MR) is 78.2 cm³/mol. The van der Waals surface area contributed by atoms with Crippen molar-refractivity contribution >= 4 is 10.0 Å². The second-order valence-electron chi connectivity index (χ2n) is 4.81. The molecule has 0 unspecified atom stereocenters. The van der Waals surface area contributed by atoms with Crippen LogP contribution in [0.15, 0.2) is 29.2 Å². The van der Waals surface area contributed by atoms with Crippen molar-refractivity contribution in [3.8, 4) is 0 Å². The van der Waals surface area contributed by atoms with E-state index in [0.29, 0.717) is 25.5 Å². The summed E-state index contributed by atoms with van der Waals surface area (Å²) in [5.74, 6) is 0.378. The van der Waals surface area contributed by atoms with Crippen LogP contribution in [0, 0.1) is 0 Å². The predicted octanol–water partition coefficient (Wildman–Crippen LogP) is 1.49. The molecule has 0 saturated carbocycles. The quantitative estimate of drug-likeness (QED) is 0.678. The topological polar surface area (TPSA) is 75.6 Å². The Balaban J connectivity index is 2.47. The monoisotopic (exact) mass is 301 g/mol. The van der Waals surface area contributed by atoms with Gasteiger partial charge in [0, 0.05) is 13.2 Å². The second-order valence-corrected chi connectivity index (χ2v) is 6.58. The van der Waals surface area contributed by atoms with E-state index in [1.54, 1.807) is 12.1 Å². The minimum absolute atomic E-state index is 0.0199. The largest absolute Gasteiger partial charge is 0.394 e. The van der Waals surface area contributed by atoms with Crippen molar-refractivity contribution in [2.24, 2.45) is 0 Å². The highest BCUT2D eigenvalue weighted by Gasteiger charge is 2.13. The van der Waals surface area contributed by atoms with Gasteiger partial charge in [0.15, 0.2) is 0 Å². The van der Waals surface area contributed by atoms with Crippen molar-refractivity contribution in [2.45, 2.75) is 31.1 Å². The van der Waals surface area contributed by atoms with E-state index in [-0.39, 0.29) is 18.1 Å². The molecule has 20 heavy (non-hydrogen) atoms. The molecule has 5 nitrogen and oxygen atoms in total. The van der Waals surface area contributed by atoms with Gasteiger partial charge in [-0.05, 0) is 30.0 Å². The van der Waals surface area contributed by atoms with E-state index < -0.39 is 10.0 Å². The van der Waals surface area contributed by atoms with Crippen molar-refractivity contribution in [1.82, 2.24) is 4.72 Å². The molecular weight excluding hydrogens is 278 g/mol. The van der Waals surface area contributed by atoms with E-state index in [4.69, 9.17) is 9.84 Å². The third-order valence-corrected chi connectivity index (χ3v) is 4.33. The van der Waals surface area contributed by atoms with Crippen LogP contribution in [0.2, 0.25) is 0 Å². The fourth-order valence-electron chi connectivity index (χ4n) is 1.66. The van der Waals surface area contributed by atoms with Crippen LogP contribution in [0.25, 0.3) is 0 Å². The zero-order chi connectivity index (χ0) is 15.0. The lowest BCUT2D eigenvalue weighted by molar-refractivity contribution is 0.0913. The SMILES string of the molecule is CC(C)c1ccc(S(=O)(=O)NCCCOCCO)cc1. The molecule has 0 saturated heterocycles. The first kappa shape index (κ1) is 17.1. The lowest BCUT2D eigenvalue weighted by Gasteiger charge is -2.09. The lowest BCUT2D eigenvalue weighted by Crippen LogP contribution is -2.25. The summed E-state index contributed by atoms with van der Waals surface area (Å²) < 4.78 is 31.6. The van der Waals surface area contributed by atoms with Crippen LogP contribution < -0.4 is 4.72 Å². The summed E-state index contributed by atoms with van der Waals surface area (Å²) >= 11 is 0. The first-order valence-corrected chi connectivity index (χ1v) is 8.24. The molecular formula is C14H23NO4S.